The number of nitrogens with one attached hydrogen (secondary N) is 1. The predicted molar refractivity (Wildman–Crippen MR) is 105 cm³/mol. The summed E-state index contributed by atoms with van der Waals surface area (Å²) in [7, 11) is 0. The van der Waals surface area contributed by atoms with Gasteiger partial charge in [0.05, 0.1) is 29.2 Å². The number of carbonyl (C=O) groups excluding carboxylic acids is 1. The number of nitrogen functional groups attached to an aromatic ring is 1. The van der Waals surface area contributed by atoms with E-state index in [1.165, 1.54) is 17.4 Å². The Kier molecular flexibility index (Phi) is 4.87. The summed E-state index contributed by atoms with van der Waals surface area (Å²) in [6, 6.07) is 9.33. The first-order valence-corrected chi connectivity index (χ1v) is 9.55. The zero-order chi connectivity index (χ0) is 20.6. The highest BCUT2D eigenvalue weighted by Gasteiger charge is 2.31. The molecule has 0 aliphatic carbocycles. The minimum absolute atomic E-state index is 0.320. The van der Waals surface area contributed by atoms with Crippen LogP contribution in [0, 0.1) is 0 Å². The molecule has 29 heavy (non-hydrogen) atoms. The van der Waals surface area contributed by atoms with Gasteiger partial charge in [-0.15, -0.1) is 11.3 Å². The van der Waals surface area contributed by atoms with Gasteiger partial charge in [0.1, 0.15) is 5.82 Å². The van der Waals surface area contributed by atoms with Crippen LogP contribution in [0.25, 0.3) is 0 Å². The molecular formula is C19H16F3N5OS. The van der Waals surface area contributed by atoms with Crippen LogP contribution in [0.3, 0.4) is 0 Å². The lowest BCUT2D eigenvalue weighted by molar-refractivity contribution is -0.137. The van der Waals surface area contributed by atoms with Crippen molar-refractivity contribution in [2.75, 3.05) is 22.5 Å². The molecule has 0 atom stereocenters. The normalized spacial score (nSPS) is 13.8. The van der Waals surface area contributed by atoms with Crippen molar-refractivity contribution in [3.63, 3.8) is 0 Å². The molecule has 3 heterocycles. The minimum Gasteiger partial charge on any atom is -0.397 e. The molecule has 1 aliphatic heterocycles. The summed E-state index contributed by atoms with van der Waals surface area (Å²) in [4.78, 5) is 23.6. The molecule has 3 aromatic rings. The van der Waals surface area contributed by atoms with Gasteiger partial charge in [-0.1, -0.05) is 12.1 Å². The van der Waals surface area contributed by atoms with Crippen molar-refractivity contribution in [1.29, 1.82) is 0 Å². The number of para-hydroxylation sites is 2. The average molecular weight is 419 g/mol. The number of carbonyl (C=O) groups is 1. The molecule has 0 fully saturated rings. The summed E-state index contributed by atoms with van der Waals surface area (Å²) < 4.78 is 38.1. The van der Waals surface area contributed by atoms with Crippen LogP contribution in [0.1, 0.15) is 25.9 Å². The fourth-order valence-electron chi connectivity index (χ4n) is 3.02. The second-order valence-electron chi connectivity index (χ2n) is 6.50. The number of nitrogens with zero attached hydrogens (tertiary/aromatic N) is 3. The van der Waals surface area contributed by atoms with E-state index >= 15 is 0 Å². The summed E-state index contributed by atoms with van der Waals surface area (Å²) >= 11 is 1.26. The van der Waals surface area contributed by atoms with E-state index < -0.39 is 11.7 Å². The molecule has 4 rings (SSSR count). The van der Waals surface area contributed by atoms with E-state index in [1.807, 2.05) is 4.90 Å². The molecular weight excluding hydrogens is 403 g/mol. The van der Waals surface area contributed by atoms with Crippen molar-refractivity contribution < 1.29 is 18.0 Å². The van der Waals surface area contributed by atoms with Gasteiger partial charge in [-0.2, -0.15) is 13.2 Å². The van der Waals surface area contributed by atoms with Crippen molar-refractivity contribution >= 4 is 34.4 Å². The summed E-state index contributed by atoms with van der Waals surface area (Å²) in [6.07, 6.45) is -3.00. The molecule has 0 bridgehead atoms. The van der Waals surface area contributed by atoms with Crippen LogP contribution in [0.2, 0.25) is 0 Å². The van der Waals surface area contributed by atoms with Crippen LogP contribution in [0.15, 0.2) is 42.6 Å². The number of hydrogen-bond acceptors (Lipinski definition) is 6. The van der Waals surface area contributed by atoms with E-state index in [0.717, 1.165) is 22.8 Å². The molecule has 2 aromatic heterocycles. The Bertz CT molecular complexity index is 1050. The summed E-state index contributed by atoms with van der Waals surface area (Å²) in [5.41, 5.74) is 6.87. The van der Waals surface area contributed by atoms with Gasteiger partial charge in [0, 0.05) is 24.0 Å². The zero-order valence-corrected chi connectivity index (χ0v) is 15.8. The number of pyridine rings is 1. The highest BCUT2D eigenvalue weighted by Crippen LogP contribution is 2.32. The van der Waals surface area contributed by atoms with Gasteiger partial charge in [0.2, 0.25) is 0 Å². The van der Waals surface area contributed by atoms with Gasteiger partial charge in [0.25, 0.3) is 5.91 Å². The van der Waals surface area contributed by atoms with Crippen LogP contribution in [0.5, 0.6) is 0 Å². The van der Waals surface area contributed by atoms with Gasteiger partial charge in [-0.3, -0.25) is 4.79 Å². The van der Waals surface area contributed by atoms with E-state index in [0.29, 0.717) is 41.7 Å². The highest BCUT2D eigenvalue weighted by atomic mass is 32.1. The largest absolute Gasteiger partial charge is 0.417 e. The zero-order valence-electron chi connectivity index (χ0n) is 15.0. The number of fused-ring (bicyclic) bond motifs is 1. The Morgan fingerprint density at radius 1 is 1.21 bits per heavy atom. The molecule has 0 saturated heterocycles. The van der Waals surface area contributed by atoms with Crippen LogP contribution >= 0.6 is 11.3 Å². The maximum Gasteiger partial charge on any atom is 0.417 e. The second-order valence-corrected chi connectivity index (χ2v) is 7.59. The van der Waals surface area contributed by atoms with E-state index in [9.17, 15) is 18.0 Å². The maximum atomic E-state index is 12.7. The molecule has 0 saturated carbocycles. The number of amides is 1. The van der Waals surface area contributed by atoms with Crippen LogP contribution in [-0.2, 0) is 19.1 Å². The molecule has 3 N–H and O–H groups in total. The Morgan fingerprint density at radius 3 is 2.69 bits per heavy atom. The molecule has 1 aromatic carbocycles. The number of benzene rings is 1. The summed E-state index contributed by atoms with van der Waals surface area (Å²) in [6.45, 7) is 0.994. The molecule has 0 radical (unpaired) electrons. The third-order valence-corrected chi connectivity index (χ3v) is 5.61. The average Bonchev–Trinajstić information content (AvgIpc) is 3.13. The van der Waals surface area contributed by atoms with Crippen molar-refractivity contribution in [2.24, 2.45) is 0 Å². The van der Waals surface area contributed by atoms with Crippen molar-refractivity contribution in [3.8, 4) is 0 Å². The first-order chi connectivity index (χ1) is 13.8. The number of rotatable bonds is 3. The van der Waals surface area contributed by atoms with Gasteiger partial charge in [-0.05, 0) is 24.3 Å². The van der Waals surface area contributed by atoms with E-state index in [-0.39, 0.29) is 5.91 Å². The lowest BCUT2D eigenvalue weighted by Crippen LogP contribution is -2.30. The predicted octanol–water partition coefficient (Wildman–Crippen LogP) is 3.95. The van der Waals surface area contributed by atoms with Gasteiger partial charge in [0.15, 0.2) is 5.01 Å². The first-order valence-electron chi connectivity index (χ1n) is 8.74. The molecule has 150 valence electrons. The van der Waals surface area contributed by atoms with Crippen LogP contribution < -0.4 is 16.0 Å². The molecule has 0 unspecified atom stereocenters. The van der Waals surface area contributed by atoms with Crippen molar-refractivity contribution in [3.05, 3.63) is 63.7 Å². The molecule has 0 spiro atoms. The minimum atomic E-state index is -4.41. The van der Waals surface area contributed by atoms with Gasteiger partial charge < -0.3 is 16.0 Å². The Morgan fingerprint density at radius 2 is 2.00 bits per heavy atom. The number of alkyl halides is 3. The van der Waals surface area contributed by atoms with Crippen molar-refractivity contribution in [2.45, 2.75) is 19.1 Å². The quantitative estimate of drug-likeness (QED) is 0.628. The first kappa shape index (κ1) is 19.2. The Labute approximate surface area is 168 Å². The van der Waals surface area contributed by atoms with E-state index in [1.54, 1.807) is 24.3 Å². The fraction of sp³-hybridized carbons (Fsp3) is 0.211. The number of aromatic nitrogens is 2. The summed E-state index contributed by atoms with van der Waals surface area (Å²) in [5.74, 6) is 0.113. The molecule has 10 heteroatoms. The number of nitrogens with two attached hydrogens (primary N) is 1. The van der Waals surface area contributed by atoms with Crippen LogP contribution in [0.4, 0.5) is 30.4 Å². The van der Waals surface area contributed by atoms with E-state index in [4.69, 9.17) is 5.73 Å². The number of hydrogen-bond donors (Lipinski definition) is 2. The second kappa shape index (κ2) is 7.36. The Hall–Kier alpha value is -3.14. The SMILES string of the molecule is Nc1ccccc1NC(=O)c1nc2c(s1)CN(c1ccc(C(F)(F)F)cn1)CC2. The number of thiazole rings is 1. The van der Waals surface area contributed by atoms with Gasteiger partial charge in [-0.25, -0.2) is 9.97 Å². The lowest BCUT2D eigenvalue weighted by atomic mass is 10.1. The van der Waals surface area contributed by atoms with Gasteiger partial charge >= 0.3 is 6.18 Å². The molecule has 1 amide bonds. The van der Waals surface area contributed by atoms with E-state index in [2.05, 4.69) is 15.3 Å². The summed E-state index contributed by atoms with van der Waals surface area (Å²) in [5, 5.41) is 3.07. The highest BCUT2D eigenvalue weighted by molar-refractivity contribution is 7.13. The fourth-order valence-corrected chi connectivity index (χ4v) is 4.03. The standard InChI is InChI=1S/C19H16F3N5OS/c20-19(21,22)11-5-6-16(24-9-11)27-8-7-14-15(10-27)29-18(26-14)17(28)25-13-4-2-1-3-12(13)23/h1-6,9H,7-8,10,23H2,(H,25,28). The molecule has 6 nitrogen and oxygen atoms in total. The Balaban J connectivity index is 1.49. The molecule has 1 aliphatic rings. The monoisotopic (exact) mass is 419 g/mol. The topological polar surface area (TPSA) is 84.1 Å². The number of halogens is 3. The lowest BCUT2D eigenvalue weighted by Gasteiger charge is -2.27. The van der Waals surface area contributed by atoms with Crippen LogP contribution in [-0.4, -0.2) is 22.4 Å². The maximum absolute atomic E-state index is 12.7. The third-order valence-electron chi connectivity index (χ3n) is 4.53. The third kappa shape index (κ3) is 4.02. The number of anilines is 3. The van der Waals surface area contributed by atoms with Crippen molar-refractivity contribution in [1.82, 2.24) is 9.97 Å². The smallest absolute Gasteiger partial charge is 0.397 e.